The van der Waals surface area contributed by atoms with E-state index in [-0.39, 0.29) is 29.6 Å². The summed E-state index contributed by atoms with van der Waals surface area (Å²) in [5.74, 6) is -0.287. The van der Waals surface area contributed by atoms with Crippen LogP contribution < -0.4 is 0 Å². The number of rotatable bonds is 5. The number of piperidine rings is 1. The number of nitrogens with zero attached hydrogens (tertiary/aromatic N) is 3. The second-order valence-corrected chi connectivity index (χ2v) is 9.66. The first-order valence-corrected chi connectivity index (χ1v) is 12.8. The van der Waals surface area contributed by atoms with E-state index in [1.165, 1.54) is 35.4 Å². The third kappa shape index (κ3) is 5.34. The number of piperazine rings is 1. The monoisotopic (exact) mass is 485 g/mol. The van der Waals surface area contributed by atoms with Gasteiger partial charge in [-0.1, -0.05) is 60.7 Å². The van der Waals surface area contributed by atoms with E-state index in [1.54, 1.807) is 4.90 Å². The standard InChI is InChI=1S/C30H32FN3O2/c31-27-13-11-25(12-14-27)29(35)33-17-15-26(16-18-33)30(36)34-21-19-32(20-22-34)28(23-7-3-1-4-8-23)24-9-5-2-6-10-24/h1-14,26,28H,15-22H2. The minimum absolute atomic E-state index is 0.0483. The Morgan fingerprint density at radius 3 is 1.72 bits per heavy atom. The molecule has 0 N–H and O–H groups in total. The van der Waals surface area contributed by atoms with Crippen LogP contribution in [-0.4, -0.2) is 65.8 Å². The first-order valence-electron chi connectivity index (χ1n) is 12.8. The Hall–Kier alpha value is -3.51. The Morgan fingerprint density at radius 2 is 1.19 bits per heavy atom. The van der Waals surface area contributed by atoms with Crippen LogP contribution in [0, 0.1) is 11.7 Å². The van der Waals surface area contributed by atoms with Crippen molar-refractivity contribution in [2.75, 3.05) is 39.3 Å². The van der Waals surface area contributed by atoms with E-state index < -0.39 is 0 Å². The minimum atomic E-state index is -0.352. The SMILES string of the molecule is O=C(c1ccc(F)cc1)N1CCC(C(=O)N2CCN(C(c3ccccc3)c3ccccc3)CC2)CC1. The van der Waals surface area contributed by atoms with Crippen LogP contribution in [0.25, 0.3) is 0 Å². The van der Waals surface area contributed by atoms with Gasteiger partial charge in [-0.15, -0.1) is 0 Å². The Labute approximate surface area is 212 Å². The molecule has 0 aliphatic carbocycles. The fraction of sp³-hybridized carbons (Fsp3) is 0.333. The average molecular weight is 486 g/mol. The normalized spacial score (nSPS) is 17.4. The van der Waals surface area contributed by atoms with E-state index in [1.807, 2.05) is 17.0 Å². The summed E-state index contributed by atoms with van der Waals surface area (Å²) < 4.78 is 13.2. The molecule has 2 aliphatic heterocycles. The Balaban J connectivity index is 1.17. The number of carbonyl (C=O) groups is 2. The molecule has 5 rings (SSSR count). The Morgan fingerprint density at radius 1 is 0.667 bits per heavy atom. The maximum absolute atomic E-state index is 13.3. The molecule has 2 saturated heterocycles. The van der Waals surface area contributed by atoms with Crippen LogP contribution in [0.4, 0.5) is 4.39 Å². The highest BCUT2D eigenvalue weighted by molar-refractivity contribution is 5.94. The van der Waals surface area contributed by atoms with Crippen molar-refractivity contribution in [2.45, 2.75) is 18.9 Å². The summed E-state index contributed by atoms with van der Waals surface area (Å²) in [6.45, 7) is 4.17. The maximum atomic E-state index is 13.3. The number of likely N-dealkylation sites (tertiary alicyclic amines) is 1. The second kappa shape index (κ2) is 11.0. The smallest absolute Gasteiger partial charge is 0.253 e. The van der Waals surface area contributed by atoms with Gasteiger partial charge in [0.25, 0.3) is 5.91 Å². The van der Waals surface area contributed by atoms with Gasteiger partial charge in [-0.2, -0.15) is 0 Å². The number of benzene rings is 3. The van der Waals surface area contributed by atoms with Gasteiger partial charge in [-0.3, -0.25) is 14.5 Å². The van der Waals surface area contributed by atoms with E-state index in [9.17, 15) is 14.0 Å². The second-order valence-electron chi connectivity index (χ2n) is 9.66. The van der Waals surface area contributed by atoms with Crippen molar-refractivity contribution in [3.05, 3.63) is 107 Å². The summed E-state index contributed by atoms with van der Waals surface area (Å²) in [4.78, 5) is 32.3. The van der Waals surface area contributed by atoms with E-state index in [0.717, 1.165) is 13.1 Å². The van der Waals surface area contributed by atoms with Gasteiger partial charge in [0.2, 0.25) is 5.91 Å². The van der Waals surface area contributed by atoms with Crippen molar-refractivity contribution in [1.29, 1.82) is 0 Å². The van der Waals surface area contributed by atoms with Crippen LogP contribution >= 0.6 is 0 Å². The summed E-state index contributed by atoms with van der Waals surface area (Å²) in [5.41, 5.74) is 3.02. The topological polar surface area (TPSA) is 43.9 Å². The molecule has 6 heteroatoms. The maximum Gasteiger partial charge on any atom is 0.253 e. The predicted molar refractivity (Wildman–Crippen MR) is 138 cm³/mol. The molecule has 5 nitrogen and oxygen atoms in total. The van der Waals surface area contributed by atoms with Gasteiger partial charge in [-0.25, -0.2) is 4.39 Å². The van der Waals surface area contributed by atoms with Gasteiger partial charge in [0.15, 0.2) is 0 Å². The molecule has 3 aromatic rings. The van der Waals surface area contributed by atoms with E-state index >= 15 is 0 Å². The molecule has 186 valence electrons. The van der Waals surface area contributed by atoms with Crippen LogP contribution in [-0.2, 0) is 4.79 Å². The zero-order valence-electron chi connectivity index (χ0n) is 20.4. The summed E-state index contributed by atoms with van der Waals surface area (Å²) in [6.07, 6.45) is 1.34. The van der Waals surface area contributed by atoms with Gasteiger partial charge in [0.05, 0.1) is 6.04 Å². The number of hydrogen-bond acceptors (Lipinski definition) is 3. The lowest BCUT2D eigenvalue weighted by molar-refractivity contribution is -0.139. The molecule has 2 amide bonds. The van der Waals surface area contributed by atoms with Crippen LogP contribution in [0.1, 0.15) is 40.4 Å². The molecule has 0 saturated carbocycles. The summed E-state index contributed by atoms with van der Waals surface area (Å²) in [5, 5.41) is 0. The third-order valence-electron chi connectivity index (χ3n) is 7.44. The number of carbonyl (C=O) groups excluding carboxylic acids is 2. The molecule has 0 bridgehead atoms. The molecule has 0 radical (unpaired) electrons. The fourth-order valence-corrected chi connectivity index (χ4v) is 5.45. The summed E-state index contributed by atoms with van der Waals surface area (Å²) >= 11 is 0. The van der Waals surface area contributed by atoms with Crippen molar-refractivity contribution < 1.29 is 14.0 Å². The molecule has 0 atom stereocenters. The number of hydrogen-bond donors (Lipinski definition) is 0. The highest BCUT2D eigenvalue weighted by Gasteiger charge is 2.33. The van der Waals surface area contributed by atoms with Crippen LogP contribution in [0.15, 0.2) is 84.9 Å². The van der Waals surface area contributed by atoms with Gasteiger partial charge in [-0.05, 0) is 48.2 Å². The molecule has 2 fully saturated rings. The van der Waals surface area contributed by atoms with Crippen molar-refractivity contribution in [2.24, 2.45) is 5.92 Å². The van der Waals surface area contributed by atoms with Gasteiger partial charge in [0.1, 0.15) is 5.82 Å². The van der Waals surface area contributed by atoms with E-state index in [0.29, 0.717) is 44.6 Å². The van der Waals surface area contributed by atoms with Crippen molar-refractivity contribution in [3.8, 4) is 0 Å². The van der Waals surface area contributed by atoms with E-state index in [2.05, 4.69) is 53.4 Å². The molecule has 2 aliphatic rings. The lowest BCUT2D eigenvalue weighted by atomic mass is 9.94. The number of amides is 2. The zero-order valence-corrected chi connectivity index (χ0v) is 20.4. The van der Waals surface area contributed by atoms with Crippen molar-refractivity contribution in [1.82, 2.24) is 14.7 Å². The van der Waals surface area contributed by atoms with Crippen molar-refractivity contribution >= 4 is 11.8 Å². The quantitative estimate of drug-likeness (QED) is 0.530. The average Bonchev–Trinajstić information content (AvgIpc) is 2.94. The Bertz CT molecular complexity index is 1110. The third-order valence-corrected chi connectivity index (χ3v) is 7.44. The lowest BCUT2D eigenvalue weighted by Crippen LogP contribution is -2.52. The van der Waals surface area contributed by atoms with Crippen LogP contribution in [0.5, 0.6) is 0 Å². The summed E-state index contributed by atoms with van der Waals surface area (Å²) in [7, 11) is 0. The minimum Gasteiger partial charge on any atom is -0.340 e. The van der Waals surface area contributed by atoms with Gasteiger partial charge < -0.3 is 9.80 Å². The molecule has 0 unspecified atom stereocenters. The van der Waals surface area contributed by atoms with E-state index in [4.69, 9.17) is 0 Å². The first kappa shape index (κ1) is 24.2. The molecule has 0 aromatic heterocycles. The Kier molecular flexibility index (Phi) is 7.42. The molecule has 3 aromatic carbocycles. The zero-order chi connectivity index (χ0) is 24.9. The highest BCUT2D eigenvalue weighted by Crippen LogP contribution is 2.30. The molecular formula is C30H32FN3O2. The summed E-state index contributed by atoms with van der Waals surface area (Å²) in [6, 6.07) is 26.9. The van der Waals surface area contributed by atoms with Crippen LogP contribution in [0.3, 0.4) is 0 Å². The fourth-order valence-electron chi connectivity index (χ4n) is 5.45. The van der Waals surface area contributed by atoms with Gasteiger partial charge in [0, 0.05) is 50.7 Å². The van der Waals surface area contributed by atoms with Crippen LogP contribution in [0.2, 0.25) is 0 Å². The van der Waals surface area contributed by atoms with Crippen molar-refractivity contribution in [3.63, 3.8) is 0 Å². The predicted octanol–water partition coefficient (Wildman–Crippen LogP) is 4.61. The highest BCUT2D eigenvalue weighted by atomic mass is 19.1. The number of halogens is 1. The largest absolute Gasteiger partial charge is 0.340 e. The lowest BCUT2D eigenvalue weighted by Gasteiger charge is -2.41. The first-order chi connectivity index (χ1) is 17.6. The molecule has 0 spiro atoms. The molecule has 2 heterocycles. The molecule has 36 heavy (non-hydrogen) atoms. The van der Waals surface area contributed by atoms with Gasteiger partial charge >= 0.3 is 0 Å². The molecular weight excluding hydrogens is 453 g/mol.